The molecule has 1 radical (unpaired) electrons. The lowest BCUT2D eigenvalue weighted by molar-refractivity contribution is 0.416. The summed E-state index contributed by atoms with van der Waals surface area (Å²) in [4.78, 5) is 0. The number of methoxy groups -OCH3 is 1. The minimum Gasteiger partial charge on any atom is -0.495 e. The average Bonchev–Trinajstić information content (AvgIpc) is 2.04. The Labute approximate surface area is 73.6 Å². The van der Waals surface area contributed by atoms with Crippen LogP contribution in [-0.2, 0) is 0 Å². The van der Waals surface area contributed by atoms with Crippen molar-refractivity contribution in [1.82, 2.24) is 0 Å². The van der Waals surface area contributed by atoms with Gasteiger partial charge in [-0.15, -0.1) is 0 Å². The van der Waals surface area contributed by atoms with Crippen LogP contribution in [0.2, 0.25) is 0 Å². The van der Waals surface area contributed by atoms with E-state index < -0.39 is 0 Å². The fraction of sp³-hybridized carbons (Fsp3) is 0.400. The Hall–Kier alpha value is -1.18. The lowest BCUT2D eigenvalue weighted by Gasteiger charge is -2.12. The summed E-state index contributed by atoms with van der Waals surface area (Å²) in [5, 5.41) is 3.28. The predicted molar refractivity (Wildman–Crippen MR) is 50.6 cm³/mol. The van der Waals surface area contributed by atoms with E-state index in [4.69, 9.17) is 4.74 Å². The molecule has 0 spiro atoms. The Kier molecular flexibility index (Phi) is 2.97. The maximum atomic E-state index is 5.15. The molecule has 2 heteroatoms. The van der Waals surface area contributed by atoms with Crippen LogP contribution in [0.4, 0.5) is 5.69 Å². The second-order valence-corrected chi connectivity index (χ2v) is 2.93. The third-order valence-electron chi connectivity index (χ3n) is 1.49. The van der Waals surface area contributed by atoms with Gasteiger partial charge in [0.2, 0.25) is 0 Å². The molecule has 12 heavy (non-hydrogen) atoms. The molecule has 1 rings (SSSR count). The number of hydrogen-bond acceptors (Lipinski definition) is 2. The predicted octanol–water partition coefficient (Wildman–Crippen LogP) is 2.32. The van der Waals surface area contributed by atoms with Crippen molar-refractivity contribution in [3.05, 3.63) is 24.3 Å². The highest BCUT2D eigenvalue weighted by molar-refractivity contribution is 5.56. The summed E-state index contributed by atoms with van der Waals surface area (Å²) in [7, 11) is 1.66. The molecule has 0 aromatic heterocycles. The molecule has 0 aliphatic rings. The molecule has 1 aromatic carbocycles. The Morgan fingerprint density at radius 2 is 2.25 bits per heavy atom. The summed E-state index contributed by atoms with van der Waals surface area (Å²) in [6, 6.07) is 9.03. The van der Waals surface area contributed by atoms with Crippen molar-refractivity contribution in [2.45, 2.75) is 19.9 Å². The van der Waals surface area contributed by atoms with Gasteiger partial charge in [0.15, 0.2) is 0 Å². The van der Waals surface area contributed by atoms with Crippen LogP contribution < -0.4 is 10.1 Å². The van der Waals surface area contributed by atoms with Gasteiger partial charge >= 0.3 is 0 Å². The standard InChI is InChI=1S/C10H14NO/c1-8(2)11-9-6-4-5-7-10(9)12-3/h4,6-8,11H,1-3H3. The molecule has 0 saturated carbocycles. The van der Waals surface area contributed by atoms with Gasteiger partial charge in [0.05, 0.1) is 12.8 Å². The van der Waals surface area contributed by atoms with Crippen molar-refractivity contribution in [2.24, 2.45) is 0 Å². The van der Waals surface area contributed by atoms with Crippen molar-refractivity contribution in [2.75, 3.05) is 12.4 Å². The number of hydrogen-bond donors (Lipinski definition) is 1. The Balaban J connectivity index is 2.82. The molecule has 65 valence electrons. The van der Waals surface area contributed by atoms with E-state index in [0.717, 1.165) is 11.4 Å². The van der Waals surface area contributed by atoms with Crippen molar-refractivity contribution < 1.29 is 4.74 Å². The highest BCUT2D eigenvalue weighted by Gasteiger charge is 2.01. The first-order chi connectivity index (χ1) is 5.74. The topological polar surface area (TPSA) is 21.3 Å². The normalized spacial score (nSPS) is 10.0. The molecule has 0 bridgehead atoms. The zero-order valence-corrected chi connectivity index (χ0v) is 7.72. The molecule has 0 fully saturated rings. The Bertz CT molecular complexity index is 245. The van der Waals surface area contributed by atoms with Gasteiger partial charge in [-0.3, -0.25) is 0 Å². The van der Waals surface area contributed by atoms with Crippen LogP contribution in [0.1, 0.15) is 13.8 Å². The molecular formula is C10H14NO. The molecular weight excluding hydrogens is 150 g/mol. The van der Waals surface area contributed by atoms with E-state index in [2.05, 4.69) is 25.2 Å². The van der Waals surface area contributed by atoms with Gasteiger partial charge in [-0.2, -0.15) is 0 Å². The molecule has 1 N–H and O–H groups in total. The van der Waals surface area contributed by atoms with Crippen LogP contribution in [-0.4, -0.2) is 13.2 Å². The van der Waals surface area contributed by atoms with Crippen LogP contribution in [0.5, 0.6) is 5.75 Å². The molecule has 0 aliphatic carbocycles. The Morgan fingerprint density at radius 1 is 1.50 bits per heavy atom. The van der Waals surface area contributed by atoms with Crippen molar-refractivity contribution >= 4 is 5.69 Å². The lowest BCUT2D eigenvalue weighted by Crippen LogP contribution is -2.10. The lowest BCUT2D eigenvalue weighted by atomic mass is 10.2. The summed E-state index contributed by atoms with van der Waals surface area (Å²) in [6.07, 6.45) is 0. The molecule has 0 unspecified atom stereocenters. The van der Waals surface area contributed by atoms with E-state index in [1.54, 1.807) is 7.11 Å². The number of benzene rings is 1. The maximum Gasteiger partial charge on any atom is 0.142 e. The summed E-state index contributed by atoms with van der Waals surface area (Å²) in [5.74, 6) is 0.839. The van der Waals surface area contributed by atoms with E-state index in [-0.39, 0.29) is 0 Å². The highest BCUT2D eigenvalue weighted by Crippen LogP contribution is 2.23. The van der Waals surface area contributed by atoms with E-state index in [1.807, 2.05) is 18.2 Å². The van der Waals surface area contributed by atoms with Crippen LogP contribution in [0.15, 0.2) is 18.2 Å². The second-order valence-electron chi connectivity index (χ2n) is 2.93. The smallest absolute Gasteiger partial charge is 0.142 e. The third-order valence-corrected chi connectivity index (χ3v) is 1.49. The molecule has 2 nitrogen and oxygen atoms in total. The highest BCUT2D eigenvalue weighted by atomic mass is 16.5. The minimum absolute atomic E-state index is 0.418. The van der Waals surface area contributed by atoms with Gasteiger partial charge in [-0.05, 0) is 32.0 Å². The minimum atomic E-state index is 0.418. The van der Waals surface area contributed by atoms with Crippen molar-refractivity contribution in [1.29, 1.82) is 0 Å². The molecule has 0 heterocycles. The van der Waals surface area contributed by atoms with Crippen LogP contribution in [0, 0.1) is 6.07 Å². The average molecular weight is 164 g/mol. The second kappa shape index (κ2) is 4.00. The fourth-order valence-electron chi connectivity index (χ4n) is 1.01. The number of ether oxygens (including phenoxy) is 1. The van der Waals surface area contributed by atoms with Crippen LogP contribution in [0.3, 0.4) is 0 Å². The van der Waals surface area contributed by atoms with Gasteiger partial charge in [0.1, 0.15) is 5.75 Å². The van der Waals surface area contributed by atoms with Crippen molar-refractivity contribution in [3.63, 3.8) is 0 Å². The van der Waals surface area contributed by atoms with E-state index in [1.165, 1.54) is 0 Å². The van der Waals surface area contributed by atoms with Crippen molar-refractivity contribution in [3.8, 4) is 5.75 Å². The summed E-state index contributed by atoms with van der Waals surface area (Å²) >= 11 is 0. The van der Waals surface area contributed by atoms with E-state index >= 15 is 0 Å². The number of nitrogens with one attached hydrogen (secondary N) is 1. The summed E-state index contributed by atoms with van der Waals surface area (Å²) < 4.78 is 5.15. The van der Waals surface area contributed by atoms with Crippen LogP contribution in [0.25, 0.3) is 0 Å². The first-order valence-corrected chi connectivity index (χ1v) is 4.04. The quantitative estimate of drug-likeness (QED) is 0.740. The molecule has 1 aromatic rings. The van der Waals surface area contributed by atoms with E-state index in [0.29, 0.717) is 6.04 Å². The SMILES string of the molecule is COc1c[c]ccc1NC(C)C. The van der Waals surface area contributed by atoms with Gasteiger partial charge < -0.3 is 10.1 Å². The number of anilines is 1. The van der Waals surface area contributed by atoms with Gasteiger partial charge in [0.25, 0.3) is 0 Å². The van der Waals surface area contributed by atoms with E-state index in [9.17, 15) is 0 Å². The van der Waals surface area contributed by atoms with Crippen LogP contribution >= 0.6 is 0 Å². The largest absolute Gasteiger partial charge is 0.495 e. The number of rotatable bonds is 3. The maximum absolute atomic E-state index is 5.15. The van der Waals surface area contributed by atoms with Gasteiger partial charge in [-0.1, -0.05) is 6.07 Å². The first kappa shape index (κ1) is 8.91. The zero-order valence-electron chi connectivity index (χ0n) is 7.72. The first-order valence-electron chi connectivity index (χ1n) is 4.04. The monoisotopic (exact) mass is 164 g/mol. The summed E-state index contributed by atoms with van der Waals surface area (Å²) in [6.45, 7) is 4.19. The Morgan fingerprint density at radius 3 is 2.83 bits per heavy atom. The molecule has 0 atom stereocenters. The van der Waals surface area contributed by atoms with Gasteiger partial charge in [-0.25, -0.2) is 0 Å². The third kappa shape index (κ3) is 2.16. The fourth-order valence-corrected chi connectivity index (χ4v) is 1.01. The summed E-state index contributed by atoms with van der Waals surface area (Å²) in [5.41, 5.74) is 1.02. The molecule has 0 aliphatic heterocycles. The molecule has 0 saturated heterocycles. The molecule has 0 amide bonds. The zero-order chi connectivity index (χ0) is 8.97. The van der Waals surface area contributed by atoms with Gasteiger partial charge in [0, 0.05) is 6.04 Å².